The van der Waals surface area contributed by atoms with E-state index in [9.17, 15) is 14.0 Å². The smallest absolute Gasteiger partial charge is 0.303 e. The molecule has 0 saturated carbocycles. The molecular formula is C12H11FO3. The van der Waals surface area contributed by atoms with Gasteiger partial charge in [0.15, 0.2) is 0 Å². The number of benzene rings is 1. The fraction of sp³-hybridized carbons (Fsp3) is 0.167. The first-order valence-electron chi connectivity index (χ1n) is 4.75. The van der Waals surface area contributed by atoms with Crippen LogP contribution in [0.1, 0.15) is 17.5 Å². The normalized spacial score (nSPS) is 10.6. The van der Waals surface area contributed by atoms with Gasteiger partial charge in [0.05, 0.1) is 0 Å². The van der Waals surface area contributed by atoms with E-state index in [0.29, 0.717) is 17.4 Å². The van der Waals surface area contributed by atoms with Crippen molar-refractivity contribution in [3.05, 3.63) is 41.2 Å². The number of aldehydes is 1. The van der Waals surface area contributed by atoms with Crippen molar-refractivity contribution < 1.29 is 19.1 Å². The summed E-state index contributed by atoms with van der Waals surface area (Å²) in [6, 6.07) is 4.44. The summed E-state index contributed by atoms with van der Waals surface area (Å²) in [6.07, 6.45) is 3.43. The highest BCUT2D eigenvalue weighted by molar-refractivity contribution is 5.73. The summed E-state index contributed by atoms with van der Waals surface area (Å²) in [4.78, 5) is 20.4. The van der Waals surface area contributed by atoms with Gasteiger partial charge in [-0.15, -0.1) is 0 Å². The molecule has 0 atom stereocenters. The van der Waals surface area contributed by atoms with Crippen LogP contribution in [0.2, 0.25) is 0 Å². The highest BCUT2D eigenvalue weighted by Gasteiger charge is 2.05. The number of hydrogen-bond donors (Lipinski definition) is 1. The fourth-order valence-electron chi connectivity index (χ4n) is 1.26. The fourth-order valence-corrected chi connectivity index (χ4v) is 1.26. The van der Waals surface area contributed by atoms with Crippen LogP contribution in [0.4, 0.5) is 4.39 Å². The molecule has 16 heavy (non-hydrogen) atoms. The highest BCUT2D eigenvalue weighted by atomic mass is 19.1. The molecule has 0 amide bonds. The lowest BCUT2D eigenvalue weighted by atomic mass is 10.1. The molecule has 1 aromatic carbocycles. The number of carboxylic acids is 1. The quantitative estimate of drug-likeness (QED) is 0.612. The third-order valence-corrected chi connectivity index (χ3v) is 2.05. The van der Waals surface area contributed by atoms with Crippen LogP contribution in [-0.4, -0.2) is 17.4 Å². The lowest BCUT2D eigenvalue weighted by molar-refractivity contribution is -0.136. The van der Waals surface area contributed by atoms with Gasteiger partial charge in [-0.25, -0.2) is 4.39 Å². The number of allylic oxidation sites excluding steroid dienone is 1. The second kappa shape index (κ2) is 5.80. The number of carbonyl (C=O) groups excluding carboxylic acids is 1. The van der Waals surface area contributed by atoms with E-state index < -0.39 is 11.8 Å². The topological polar surface area (TPSA) is 54.4 Å². The van der Waals surface area contributed by atoms with Gasteiger partial charge in [-0.3, -0.25) is 9.59 Å². The molecule has 0 heterocycles. The zero-order valence-electron chi connectivity index (χ0n) is 8.52. The minimum Gasteiger partial charge on any atom is -0.481 e. The molecule has 4 heteroatoms. The van der Waals surface area contributed by atoms with Crippen molar-refractivity contribution in [3.63, 3.8) is 0 Å². The Morgan fingerprint density at radius 1 is 1.44 bits per heavy atom. The molecule has 3 nitrogen and oxygen atoms in total. The molecule has 0 aliphatic carbocycles. The number of aliphatic carboxylic acids is 1. The molecule has 0 aromatic heterocycles. The Bertz CT molecular complexity index is 424. The van der Waals surface area contributed by atoms with Crippen LogP contribution in [0, 0.1) is 5.82 Å². The number of carboxylic acid groups (broad SMARTS) is 1. The van der Waals surface area contributed by atoms with Gasteiger partial charge in [0.2, 0.25) is 0 Å². The van der Waals surface area contributed by atoms with E-state index in [1.165, 1.54) is 24.3 Å². The first-order chi connectivity index (χ1) is 7.63. The lowest BCUT2D eigenvalue weighted by Gasteiger charge is -2.02. The second-order valence-corrected chi connectivity index (χ2v) is 3.24. The molecule has 0 unspecified atom stereocenters. The minimum absolute atomic E-state index is 0.0968. The first kappa shape index (κ1) is 12.1. The summed E-state index contributed by atoms with van der Waals surface area (Å²) in [5.41, 5.74) is 0.939. The molecular weight excluding hydrogens is 211 g/mol. The van der Waals surface area contributed by atoms with Gasteiger partial charge in [-0.2, -0.15) is 0 Å². The summed E-state index contributed by atoms with van der Waals surface area (Å²) in [5.74, 6) is -1.40. The van der Waals surface area contributed by atoms with Crippen molar-refractivity contribution in [3.8, 4) is 0 Å². The van der Waals surface area contributed by atoms with Crippen LogP contribution in [-0.2, 0) is 16.0 Å². The van der Waals surface area contributed by atoms with E-state index in [4.69, 9.17) is 5.11 Å². The maximum atomic E-state index is 13.4. The van der Waals surface area contributed by atoms with Crippen LogP contribution in [0.25, 0.3) is 6.08 Å². The Labute approximate surface area is 92.2 Å². The Hall–Kier alpha value is -1.97. The van der Waals surface area contributed by atoms with Crippen LogP contribution >= 0.6 is 0 Å². The van der Waals surface area contributed by atoms with E-state index in [1.807, 2.05) is 0 Å². The van der Waals surface area contributed by atoms with Gasteiger partial charge in [-0.1, -0.05) is 18.2 Å². The molecule has 0 spiro atoms. The Morgan fingerprint density at radius 3 is 2.75 bits per heavy atom. The SMILES string of the molecule is O=CC=Cc1ccc(CCC(=O)O)c(F)c1. The summed E-state index contributed by atoms with van der Waals surface area (Å²) in [6.45, 7) is 0. The largest absolute Gasteiger partial charge is 0.481 e. The van der Waals surface area contributed by atoms with Crippen LogP contribution in [0.5, 0.6) is 0 Å². The molecule has 0 bridgehead atoms. The van der Waals surface area contributed by atoms with Gasteiger partial charge < -0.3 is 5.11 Å². The average Bonchev–Trinajstić information content (AvgIpc) is 2.24. The predicted octanol–water partition coefficient (Wildman–Crippen LogP) is 2.06. The maximum absolute atomic E-state index is 13.4. The maximum Gasteiger partial charge on any atom is 0.303 e. The molecule has 0 saturated heterocycles. The Balaban J connectivity index is 2.78. The Morgan fingerprint density at radius 2 is 2.19 bits per heavy atom. The van der Waals surface area contributed by atoms with Crippen molar-refractivity contribution in [1.82, 2.24) is 0 Å². The van der Waals surface area contributed by atoms with Gasteiger partial charge in [0, 0.05) is 6.42 Å². The number of carbonyl (C=O) groups is 2. The summed E-state index contributed by atoms with van der Waals surface area (Å²) >= 11 is 0. The van der Waals surface area contributed by atoms with Gasteiger partial charge >= 0.3 is 5.97 Å². The summed E-state index contributed by atoms with van der Waals surface area (Å²) in [7, 11) is 0. The number of halogens is 1. The predicted molar refractivity (Wildman–Crippen MR) is 57.5 cm³/mol. The lowest BCUT2D eigenvalue weighted by Crippen LogP contribution is -1.99. The zero-order chi connectivity index (χ0) is 12.0. The van der Waals surface area contributed by atoms with Crippen molar-refractivity contribution in [2.45, 2.75) is 12.8 Å². The third-order valence-electron chi connectivity index (χ3n) is 2.05. The van der Waals surface area contributed by atoms with Crippen LogP contribution in [0.15, 0.2) is 24.3 Å². The molecule has 1 N–H and O–H groups in total. The minimum atomic E-state index is -0.954. The first-order valence-corrected chi connectivity index (χ1v) is 4.75. The molecule has 84 valence electrons. The van der Waals surface area contributed by atoms with Gasteiger partial charge in [0.25, 0.3) is 0 Å². The Kier molecular flexibility index (Phi) is 4.39. The van der Waals surface area contributed by atoms with Crippen molar-refractivity contribution in [1.29, 1.82) is 0 Å². The molecule has 0 radical (unpaired) electrons. The van der Waals surface area contributed by atoms with Crippen LogP contribution < -0.4 is 0 Å². The van der Waals surface area contributed by atoms with E-state index in [1.54, 1.807) is 6.07 Å². The summed E-state index contributed by atoms with van der Waals surface area (Å²) < 4.78 is 13.4. The van der Waals surface area contributed by atoms with Gasteiger partial charge in [-0.05, 0) is 29.7 Å². The molecule has 0 fully saturated rings. The number of rotatable bonds is 5. The zero-order valence-corrected chi connectivity index (χ0v) is 8.52. The monoisotopic (exact) mass is 222 g/mol. The van der Waals surface area contributed by atoms with Crippen molar-refractivity contribution in [2.75, 3.05) is 0 Å². The standard InChI is InChI=1S/C12H11FO3/c13-11-8-9(2-1-7-14)3-4-10(11)5-6-12(15)16/h1-4,7-8H,5-6H2,(H,15,16). The highest BCUT2D eigenvalue weighted by Crippen LogP contribution is 2.13. The average molecular weight is 222 g/mol. The van der Waals surface area contributed by atoms with E-state index in [-0.39, 0.29) is 12.8 Å². The number of aryl methyl sites for hydroxylation is 1. The van der Waals surface area contributed by atoms with E-state index in [2.05, 4.69) is 0 Å². The van der Waals surface area contributed by atoms with Crippen molar-refractivity contribution in [2.24, 2.45) is 0 Å². The number of hydrogen-bond acceptors (Lipinski definition) is 2. The van der Waals surface area contributed by atoms with E-state index >= 15 is 0 Å². The van der Waals surface area contributed by atoms with E-state index in [0.717, 1.165) is 0 Å². The molecule has 1 aromatic rings. The third kappa shape index (κ3) is 3.65. The molecule has 1 rings (SSSR count). The van der Waals surface area contributed by atoms with Crippen LogP contribution in [0.3, 0.4) is 0 Å². The van der Waals surface area contributed by atoms with Crippen molar-refractivity contribution >= 4 is 18.3 Å². The molecule has 0 aliphatic rings. The van der Waals surface area contributed by atoms with Gasteiger partial charge in [0.1, 0.15) is 12.1 Å². The second-order valence-electron chi connectivity index (χ2n) is 3.24. The summed E-state index contributed by atoms with van der Waals surface area (Å²) in [5, 5.41) is 8.46. The molecule has 0 aliphatic heterocycles.